The van der Waals surface area contributed by atoms with Crippen LogP contribution in [0, 0.1) is 5.41 Å². The van der Waals surface area contributed by atoms with Gasteiger partial charge in [-0.05, 0) is 55.7 Å². The van der Waals surface area contributed by atoms with Crippen molar-refractivity contribution in [2.45, 2.75) is 39.0 Å². The van der Waals surface area contributed by atoms with Gasteiger partial charge in [-0.3, -0.25) is 4.99 Å². The van der Waals surface area contributed by atoms with Crippen LogP contribution in [0.15, 0.2) is 17.1 Å². The molecule has 0 atom stereocenters. The van der Waals surface area contributed by atoms with Crippen LogP contribution >= 0.6 is 35.6 Å². The molecule has 8 heteroatoms. The maximum absolute atomic E-state index is 6.33. The Morgan fingerprint density at radius 3 is 2.72 bits per heavy atom. The zero-order chi connectivity index (χ0) is 19.8. The number of rotatable bonds is 9. The van der Waals surface area contributed by atoms with Crippen LogP contribution in [0.4, 0.5) is 0 Å². The Hall–Kier alpha value is -0.930. The first-order valence-electron chi connectivity index (χ1n) is 10.2. The smallest absolute Gasteiger partial charge is 0.191 e. The first kappa shape index (κ1) is 24.3. The molecule has 1 aliphatic carbocycles. The van der Waals surface area contributed by atoms with Gasteiger partial charge in [0, 0.05) is 33.4 Å². The lowest BCUT2D eigenvalue weighted by Crippen LogP contribution is -2.41. The van der Waals surface area contributed by atoms with E-state index in [-0.39, 0.29) is 24.0 Å². The lowest BCUT2D eigenvalue weighted by molar-refractivity contribution is 0.0778. The first-order chi connectivity index (χ1) is 13.7. The summed E-state index contributed by atoms with van der Waals surface area (Å²) in [7, 11) is 1.77. The zero-order valence-electron chi connectivity index (χ0n) is 17.4. The highest BCUT2D eigenvalue weighted by Crippen LogP contribution is 2.44. The molecule has 1 aliphatic heterocycles. The average Bonchev–Trinajstić information content (AvgIpc) is 2.67. The predicted octanol–water partition coefficient (Wildman–Crippen LogP) is 4.03. The van der Waals surface area contributed by atoms with Gasteiger partial charge < -0.3 is 24.8 Å². The molecule has 2 aliphatic rings. The van der Waals surface area contributed by atoms with Crippen molar-refractivity contribution in [1.29, 1.82) is 0 Å². The maximum Gasteiger partial charge on any atom is 0.191 e. The summed E-state index contributed by atoms with van der Waals surface area (Å²) in [5, 5.41) is 7.39. The molecular weight excluding hydrogens is 505 g/mol. The lowest BCUT2D eigenvalue weighted by Gasteiger charge is -2.40. The Morgan fingerprint density at radius 1 is 1.24 bits per heavy atom. The fourth-order valence-electron chi connectivity index (χ4n) is 3.70. The quantitative estimate of drug-likeness (QED) is 0.283. The molecule has 0 bridgehead atoms. The van der Waals surface area contributed by atoms with E-state index in [1.54, 1.807) is 7.11 Å². The molecule has 3 rings (SSSR count). The predicted molar refractivity (Wildman–Crippen MR) is 128 cm³/mol. The van der Waals surface area contributed by atoms with E-state index in [0.717, 1.165) is 56.4 Å². The highest BCUT2D eigenvalue weighted by Gasteiger charge is 2.36. The Morgan fingerprint density at radius 2 is 2.03 bits per heavy atom. The van der Waals surface area contributed by atoms with E-state index in [1.165, 1.54) is 19.3 Å². The van der Waals surface area contributed by atoms with Gasteiger partial charge >= 0.3 is 0 Å². The van der Waals surface area contributed by atoms with Crippen LogP contribution in [0.3, 0.4) is 0 Å². The van der Waals surface area contributed by atoms with Crippen molar-refractivity contribution in [2.24, 2.45) is 10.4 Å². The van der Waals surface area contributed by atoms with Gasteiger partial charge in [-0.25, -0.2) is 0 Å². The van der Waals surface area contributed by atoms with Crippen LogP contribution in [-0.4, -0.2) is 52.5 Å². The molecular formula is C21H33ClIN3O3. The van der Waals surface area contributed by atoms with Crippen LogP contribution in [0.1, 0.15) is 38.2 Å². The molecule has 164 valence electrons. The normalized spacial score (nSPS) is 17.1. The molecule has 6 nitrogen and oxygen atoms in total. The van der Waals surface area contributed by atoms with E-state index in [4.69, 9.17) is 30.8 Å². The van der Waals surface area contributed by atoms with Gasteiger partial charge in [0.2, 0.25) is 0 Å². The second-order valence-electron chi connectivity index (χ2n) is 7.57. The van der Waals surface area contributed by atoms with Crippen molar-refractivity contribution in [3.05, 3.63) is 22.7 Å². The second-order valence-corrected chi connectivity index (χ2v) is 7.98. The zero-order valence-corrected chi connectivity index (χ0v) is 20.5. The fraction of sp³-hybridized carbons (Fsp3) is 0.667. The van der Waals surface area contributed by atoms with Gasteiger partial charge in [0.15, 0.2) is 17.5 Å². The van der Waals surface area contributed by atoms with E-state index in [1.807, 2.05) is 12.1 Å². The summed E-state index contributed by atoms with van der Waals surface area (Å²) in [5.74, 6) is 2.26. The van der Waals surface area contributed by atoms with Crippen LogP contribution < -0.4 is 20.1 Å². The van der Waals surface area contributed by atoms with E-state index in [9.17, 15) is 0 Å². The number of guanidine groups is 1. The number of nitrogens with zero attached hydrogens (tertiary/aromatic N) is 1. The third-order valence-corrected chi connectivity index (χ3v) is 5.81. The Kier molecular flexibility index (Phi) is 10.1. The molecule has 0 radical (unpaired) electrons. The molecule has 0 aromatic heterocycles. The number of benzene rings is 1. The monoisotopic (exact) mass is 537 g/mol. The molecule has 1 aromatic carbocycles. The molecule has 1 fully saturated rings. The second kappa shape index (κ2) is 12.1. The highest BCUT2D eigenvalue weighted by molar-refractivity contribution is 14.0. The average molecular weight is 538 g/mol. The minimum absolute atomic E-state index is 0. The van der Waals surface area contributed by atoms with Crippen molar-refractivity contribution < 1.29 is 14.2 Å². The molecule has 29 heavy (non-hydrogen) atoms. The molecule has 1 aromatic rings. The highest BCUT2D eigenvalue weighted by atomic mass is 127. The number of nitrogens with one attached hydrogen (secondary N) is 2. The summed E-state index contributed by atoms with van der Waals surface area (Å²) in [6, 6.07) is 3.97. The molecule has 0 saturated heterocycles. The number of aliphatic imine (C=N–C) groups is 1. The number of fused-ring (bicyclic) bond motifs is 1. The van der Waals surface area contributed by atoms with Gasteiger partial charge in [-0.15, -0.1) is 24.0 Å². The van der Waals surface area contributed by atoms with Crippen LogP contribution in [-0.2, 0) is 11.2 Å². The summed E-state index contributed by atoms with van der Waals surface area (Å²) in [6.07, 6.45) is 5.70. The van der Waals surface area contributed by atoms with Crippen LogP contribution in [0.25, 0.3) is 0 Å². The minimum Gasteiger partial charge on any atom is -0.486 e. The summed E-state index contributed by atoms with van der Waals surface area (Å²) in [4.78, 5) is 4.85. The van der Waals surface area contributed by atoms with E-state index >= 15 is 0 Å². The summed E-state index contributed by atoms with van der Waals surface area (Å²) in [6.45, 7) is 6.46. The molecule has 0 unspecified atom stereocenters. The summed E-state index contributed by atoms with van der Waals surface area (Å²) >= 11 is 6.33. The third kappa shape index (κ3) is 6.79. The van der Waals surface area contributed by atoms with Gasteiger partial charge in [-0.1, -0.05) is 18.0 Å². The molecule has 1 heterocycles. The van der Waals surface area contributed by atoms with Gasteiger partial charge in [0.1, 0.15) is 13.2 Å². The largest absolute Gasteiger partial charge is 0.486 e. The number of methoxy groups -OCH3 is 1. The van der Waals surface area contributed by atoms with Gasteiger partial charge in [-0.2, -0.15) is 0 Å². The maximum atomic E-state index is 6.33. The van der Waals surface area contributed by atoms with Crippen molar-refractivity contribution in [1.82, 2.24) is 10.6 Å². The van der Waals surface area contributed by atoms with Crippen molar-refractivity contribution in [3.63, 3.8) is 0 Å². The number of ether oxygens (including phenoxy) is 3. The van der Waals surface area contributed by atoms with E-state index in [2.05, 4.69) is 17.6 Å². The minimum atomic E-state index is 0. The summed E-state index contributed by atoms with van der Waals surface area (Å²) in [5.41, 5.74) is 1.44. The standard InChI is InChI=1S/C21H32ClN3O3.HI/c1-3-23-20(25-15-21(6-4-7-21)8-10-26-2)24-9-5-16-13-17(22)19-18(14-16)27-11-12-28-19;/h13-14H,3-12,15H2,1-2H3,(H2,23,24,25);1H. The Bertz CT molecular complexity index is 683. The lowest BCUT2D eigenvalue weighted by atomic mass is 9.67. The van der Waals surface area contributed by atoms with Gasteiger partial charge in [0.05, 0.1) is 5.02 Å². The molecule has 0 spiro atoms. The van der Waals surface area contributed by atoms with E-state index in [0.29, 0.717) is 29.4 Å². The summed E-state index contributed by atoms with van der Waals surface area (Å²) < 4.78 is 16.5. The molecule has 1 saturated carbocycles. The first-order valence-corrected chi connectivity index (χ1v) is 10.6. The topological polar surface area (TPSA) is 64.1 Å². The fourth-order valence-corrected chi connectivity index (χ4v) is 3.99. The van der Waals surface area contributed by atoms with Crippen LogP contribution in [0.5, 0.6) is 11.5 Å². The van der Waals surface area contributed by atoms with E-state index < -0.39 is 0 Å². The number of hydrogen-bond donors (Lipinski definition) is 2. The van der Waals surface area contributed by atoms with Crippen molar-refractivity contribution >= 4 is 41.5 Å². The number of hydrogen-bond acceptors (Lipinski definition) is 4. The van der Waals surface area contributed by atoms with Crippen molar-refractivity contribution in [2.75, 3.05) is 46.6 Å². The van der Waals surface area contributed by atoms with Crippen molar-refractivity contribution in [3.8, 4) is 11.5 Å². The van der Waals surface area contributed by atoms with Gasteiger partial charge in [0.25, 0.3) is 0 Å². The molecule has 2 N–H and O–H groups in total. The number of halogens is 2. The van der Waals surface area contributed by atoms with Crippen LogP contribution in [0.2, 0.25) is 5.02 Å². The Balaban J connectivity index is 0.00000300. The third-order valence-electron chi connectivity index (χ3n) is 5.53. The SMILES string of the molecule is CCNC(=NCC1(CCOC)CCC1)NCCc1cc(Cl)c2c(c1)OCCO2.I. The molecule has 0 amide bonds. The Labute approximate surface area is 196 Å².